The van der Waals surface area contributed by atoms with Gasteiger partial charge in [-0.1, -0.05) is 6.92 Å². The molecule has 1 heterocycles. The minimum Gasteiger partial charge on any atom is -0.481 e. The predicted octanol–water partition coefficient (Wildman–Crippen LogP) is 0.628. The average molecular weight is 240 g/mol. The van der Waals surface area contributed by atoms with E-state index in [1.54, 1.807) is 13.8 Å². The summed E-state index contributed by atoms with van der Waals surface area (Å²) in [5, 5.41) is 18.2. The molecule has 0 bridgehead atoms. The molecule has 1 aliphatic rings. The Morgan fingerprint density at radius 2 is 2.00 bits per heavy atom. The maximum absolute atomic E-state index is 11.2. The van der Waals surface area contributed by atoms with Gasteiger partial charge in [-0.3, -0.25) is 9.79 Å². The molecule has 0 aliphatic carbocycles. The molecule has 0 aromatic carbocycles. The molecule has 0 saturated carbocycles. The smallest absolute Gasteiger partial charge is 0.339 e. The molecule has 17 heavy (non-hydrogen) atoms. The highest BCUT2D eigenvalue weighted by atomic mass is 16.4. The second-order valence-corrected chi connectivity index (χ2v) is 4.31. The molecule has 4 N–H and O–H groups in total. The first-order chi connectivity index (χ1) is 7.74. The number of dihydropyridines is 1. The summed E-state index contributed by atoms with van der Waals surface area (Å²) in [4.78, 5) is 26.5. The van der Waals surface area contributed by atoms with Crippen molar-refractivity contribution in [3.05, 3.63) is 11.3 Å². The first-order valence-corrected chi connectivity index (χ1v) is 5.27. The third-order valence-electron chi connectivity index (χ3n) is 3.18. The van der Waals surface area contributed by atoms with Gasteiger partial charge < -0.3 is 15.9 Å². The van der Waals surface area contributed by atoms with E-state index >= 15 is 0 Å². The summed E-state index contributed by atoms with van der Waals surface area (Å²) >= 11 is 0. The molecular formula is C11H16N2O4. The molecule has 0 radical (unpaired) electrons. The molecule has 0 saturated heterocycles. The Morgan fingerprint density at radius 1 is 1.47 bits per heavy atom. The Bertz CT molecular complexity index is 439. The standard InChI is InChI=1S/C11H16N2O4/c1-4-11(3)7(10(16)17)8(12)6(9(14)15)5(2)13-11/h7H,4,12H2,1-3H3,(H,14,15)(H,16,17)/t7?,11-/m0/s1. The van der Waals surface area contributed by atoms with Crippen molar-refractivity contribution in [2.45, 2.75) is 32.7 Å². The minimum atomic E-state index is -1.24. The monoisotopic (exact) mass is 240 g/mol. The molecule has 0 spiro atoms. The van der Waals surface area contributed by atoms with Crippen LogP contribution in [0, 0.1) is 5.92 Å². The van der Waals surface area contributed by atoms with Crippen molar-refractivity contribution < 1.29 is 19.8 Å². The maximum Gasteiger partial charge on any atom is 0.339 e. The van der Waals surface area contributed by atoms with Crippen LogP contribution in [0.1, 0.15) is 27.2 Å². The fraction of sp³-hybridized carbons (Fsp3) is 0.545. The lowest BCUT2D eigenvalue weighted by molar-refractivity contribution is -0.142. The molecule has 1 unspecified atom stereocenters. The normalized spacial score (nSPS) is 28.9. The van der Waals surface area contributed by atoms with Gasteiger partial charge in [0, 0.05) is 11.4 Å². The number of nitrogens with two attached hydrogens (primary N) is 1. The number of hydrogen-bond donors (Lipinski definition) is 3. The number of carboxylic acids is 2. The Morgan fingerprint density at radius 3 is 2.35 bits per heavy atom. The summed E-state index contributed by atoms with van der Waals surface area (Å²) in [7, 11) is 0. The van der Waals surface area contributed by atoms with E-state index in [-0.39, 0.29) is 17.0 Å². The van der Waals surface area contributed by atoms with Crippen molar-refractivity contribution in [3.8, 4) is 0 Å². The van der Waals surface area contributed by atoms with E-state index < -0.39 is 23.4 Å². The summed E-state index contributed by atoms with van der Waals surface area (Å²) in [6.07, 6.45) is 0.467. The first-order valence-electron chi connectivity index (χ1n) is 5.27. The molecule has 6 nitrogen and oxygen atoms in total. The molecular weight excluding hydrogens is 224 g/mol. The molecule has 0 fully saturated rings. The van der Waals surface area contributed by atoms with Crippen LogP contribution >= 0.6 is 0 Å². The summed E-state index contributed by atoms with van der Waals surface area (Å²) in [5.41, 5.74) is 4.77. The topological polar surface area (TPSA) is 113 Å². The second-order valence-electron chi connectivity index (χ2n) is 4.31. The van der Waals surface area contributed by atoms with Crippen molar-refractivity contribution in [2.24, 2.45) is 16.6 Å². The third kappa shape index (κ3) is 2.02. The van der Waals surface area contributed by atoms with E-state index in [0.29, 0.717) is 6.42 Å². The lowest BCUT2D eigenvalue weighted by Crippen LogP contribution is -2.46. The van der Waals surface area contributed by atoms with Gasteiger partial charge >= 0.3 is 11.9 Å². The van der Waals surface area contributed by atoms with Gasteiger partial charge in [-0.25, -0.2) is 4.79 Å². The summed E-state index contributed by atoms with van der Waals surface area (Å²) in [5.74, 6) is -3.49. The van der Waals surface area contributed by atoms with Crippen molar-refractivity contribution >= 4 is 17.7 Å². The SMILES string of the molecule is CC[C@]1(C)N=C(C)C(C(=O)O)=C(N)C1C(=O)O. The van der Waals surface area contributed by atoms with Gasteiger partial charge in [-0.15, -0.1) is 0 Å². The van der Waals surface area contributed by atoms with Gasteiger partial charge in [0.25, 0.3) is 0 Å². The Balaban J connectivity index is 3.44. The van der Waals surface area contributed by atoms with E-state index in [9.17, 15) is 14.7 Å². The number of aliphatic carboxylic acids is 2. The average Bonchev–Trinajstić information content (AvgIpc) is 2.15. The zero-order chi connectivity index (χ0) is 13.4. The van der Waals surface area contributed by atoms with E-state index in [2.05, 4.69) is 4.99 Å². The van der Waals surface area contributed by atoms with Crippen LogP contribution in [0.15, 0.2) is 16.3 Å². The van der Waals surface area contributed by atoms with Crippen LogP contribution < -0.4 is 5.73 Å². The zero-order valence-corrected chi connectivity index (χ0v) is 10.0. The van der Waals surface area contributed by atoms with Crippen LogP contribution in [-0.4, -0.2) is 33.4 Å². The highest BCUT2D eigenvalue weighted by Crippen LogP contribution is 2.35. The lowest BCUT2D eigenvalue weighted by Gasteiger charge is -2.35. The number of carbonyl (C=O) groups is 2. The van der Waals surface area contributed by atoms with Gasteiger partial charge in [0.05, 0.1) is 11.1 Å². The quantitative estimate of drug-likeness (QED) is 0.669. The fourth-order valence-corrected chi connectivity index (χ4v) is 2.15. The van der Waals surface area contributed by atoms with Crippen LogP contribution in [0.4, 0.5) is 0 Å². The molecule has 1 rings (SSSR count). The first kappa shape index (κ1) is 13.2. The maximum atomic E-state index is 11.2. The van der Waals surface area contributed by atoms with Crippen LogP contribution in [0.2, 0.25) is 0 Å². The van der Waals surface area contributed by atoms with Crippen molar-refractivity contribution in [2.75, 3.05) is 0 Å². The Hall–Kier alpha value is -1.85. The number of nitrogens with zero attached hydrogens (tertiary/aromatic N) is 1. The van der Waals surface area contributed by atoms with Crippen LogP contribution in [-0.2, 0) is 9.59 Å². The van der Waals surface area contributed by atoms with E-state index in [1.807, 2.05) is 0 Å². The number of hydrogen-bond acceptors (Lipinski definition) is 4. The molecule has 1 aliphatic heterocycles. The third-order valence-corrected chi connectivity index (χ3v) is 3.18. The minimum absolute atomic E-state index is 0.123. The van der Waals surface area contributed by atoms with Crippen LogP contribution in [0.25, 0.3) is 0 Å². The molecule has 0 amide bonds. The van der Waals surface area contributed by atoms with Crippen molar-refractivity contribution in [1.29, 1.82) is 0 Å². The second kappa shape index (κ2) is 4.20. The summed E-state index contributed by atoms with van der Waals surface area (Å²) < 4.78 is 0. The molecule has 0 aromatic rings. The summed E-state index contributed by atoms with van der Waals surface area (Å²) in [6, 6.07) is 0. The van der Waals surface area contributed by atoms with Crippen molar-refractivity contribution in [3.63, 3.8) is 0 Å². The number of aliphatic imine (C=N–C) groups is 1. The van der Waals surface area contributed by atoms with Crippen LogP contribution in [0.5, 0.6) is 0 Å². The van der Waals surface area contributed by atoms with E-state index in [0.717, 1.165) is 0 Å². The van der Waals surface area contributed by atoms with Crippen molar-refractivity contribution in [1.82, 2.24) is 0 Å². The molecule has 2 atom stereocenters. The van der Waals surface area contributed by atoms with E-state index in [1.165, 1.54) is 6.92 Å². The molecule has 6 heteroatoms. The van der Waals surface area contributed by atoms with Gasteiger partial charge in [0.2, 0.25) is 0 Å². The summed E-state index contributed by atoms with van der Waals surface area (Å²) in [6.45, 7) is 4.99. The highest BCUT2D eigenvalue weighted by Gasteiger charge is 2.45. The Kier molecular flexibility index (Phi) is 3.26. The molecule has 0 aromatic heterocycles. The lowest BCUT2D eigenvalue weighted by atomic mass is 9.77. The fourth-order valence-electron chi connectivity index (χ4n) is 2.15. The van der Waals surface area contributed by atoms with Crippen LogP contribution in [0.3, 0.4) is 0 Å². The number of rotatable bonds is 3. The Labute approximate surface area is 98.8 Å². The van der Waals surface area contributed by atoms with E-state index in [4.69, 9.17) is 10.8 Å². The highest BCUT2D eigenvalue weighted by molar-refractivity contribution is 6.20. The number of carboxylic acid groups (broad SMARTS) is 2. The largest absolute Gasteiger partial charge is 0.481 e. The molecule has 94 valence electrons. The van der Waals surface area contributed by atoms with Gasteiger partial charge in [-0.2, -0.15) is 0 Å². The van der Waals surface area contributed by atoms with Gasteiger partial charge in [-0.05, 0) is 20.3 Å². The zero-order valence-electron chi connectivity index (χ0n) is 10.0. The predicted molar refractivity (Wildman–Crippen MR) is 61.8 cm³/mol. The van der Waals surface area contributed by atoms with Gasteiger partial charge in [0.1, 0.15) is 5.92 Å². The van der Waals surface area contributed by atoms with Gasteiger partial charge in [0.15, 0.2) is 0 Å².